The molecule has 0 aliphatic rings. The molecular formula is C14H13NO. The molecule has 0 saturated carbocycles. The fourth-order valence-electron chi connectivity index (χ4n) is 1.66. The highest BCUT2D eigenvalue weighted by Gasteiger charge is 2.07. The van der Waals surface area contributed by atoms with Gasteiger partial charge in [0.15, 0.2) is 0 Å². The van der Waals surface area contributed by atoms with Gasteiger partial charge in [0, 0.05) is 11.1 Å². The number of hydrogen-bond acceptors (Lipinski definition) is 2. The van der Waals surface area contributed by atoms with Gasteiger partial charge in [-0.15, -0.1) is 0 Å². The predicted molar refractivity (Wildman–Crippen MR) is 64.7 cm³/mol. The van der Waals surface area contributed by atoms with Crippen LogP contribution in [0.1, 0.15) is 16.7 Å². The van der Waals surface area contributed by atoms with E-state index in [0.717, 1.165) is 16.7 Å². The summed E-state index contributed by atoms with van der Waals surface area (Å²) in [6.45, 7) is -0.0363. The maximum absolute atomic E-state index is 9.22. The SMILES string of the molecule is N=C(c1ccccc1)c1ccccc1CO. The van der Waals surface area contributed by atoms with Crippen molar-refractivity contribution in [3.63, 3.8) is 0 Å². The number of nitrogens with one attached hydrogen (secondary N) is 1. The molecule has 0 aliphatic heterocycles. The first kappa shape index (κ1) is 10.6. The van der Waals surface area contributed by atoms with Gasteiger partial charge in [0.25, 0.3) is 0 Å². The molecule has 0 atom stereocenters. The summed E-state index contributed by atoms with van der Waals surface area (Å²) in [5, 5.41) is 17.3. The lowest BCUT2D eigenvalue weighted by atomic mass is 9.98. The summed E-state index contributed by atoms with van der Waals surface area (Å²) in [5.74, 6) is 0. The van der Waals surface area contributed by atoms with E-state index in [1.54, 1.807) is 0 Å². The first-order valence-electron chi connectivity index (χ1n) is 5.16. The van der Waals surface area contributed by atoms with Crippen molar-refractivity contribution in [2.75, 3.05) is 0 Å². The molecule has 0 fully saturated rings. The van der Waals surface area contributed by atoms with Crippen LogP contribution in [0.5, 0.6) is 0 Å². The minimum atomic E-state index is -0.0363. The quantitative estimate of drug-likeness (QED) is 0.753. The van der Waals surface area contributed by atoms with Gasteiger partial charge < -0.3 is 5.11 Å². The Labute approximate surface area is 94.7 Å². The summed E-state index contributed by atoms with van der Waals surface area (Å²) in [6, 6.07) is 17.0. The van der Waals surface area contributed by atoms with Crippen molar-refractivity contribution in [2.24, 2.45) is 0 Å². The van der Waals surface area contributed by atoms with E-state index in [0.29, 0.717) is 5.71 Å². The maximum atomic E-state index is 9.22. The van der Waals surface area contributed by atoms with E-state index in [1.807, 2.05) is 54.6 Å². The van der Waals surface area contributed by atoms with Crippen molar-refractivity contribution in [1.29, 1.82) is 5.41 Å². The highest BCUT2D eigenvalue weighted by Crippen LogP contribution is 2.14. The lowest BCUT2D eigenvalue weighted by Gasteiger charge is -2.08. The second-order valence-electron chi connectivity index (χ2n) is 3.56. The molecular weight excluding hydrogens is 198 g/mol. The summed E-state index contributed by atoms with van der Waals surface area (Å²) in [7, 11) is 0. The van der Waals surface area contributed by atoms with Crippen LogP contribution in [0.2, 0.25) is 0 Å². The monoisotopic (exact) mass is 211 g/mol. The van der Waals surface area contributed by atoms with Gasteiger partial charge >= 0.3 is 0 Å². The second-order valence-corrected chi connectivity index (χ2v) is 3.56. The van der Waals surface area contributed by atoms with Gasteiger partial charge in [-0.2, -0.15) is 0 Å². The smallest absolute Gasteiger partial charge is 0.0688 e. The number of benzene rings is 2. The molecule has 0 radical (unpaired) electrons. The van der Waals surface area contributed by atoms with Crippen molar-refractivity contribution in [3.05, 3.63) is 71.3 Å². The van der Waals surface area contributed by atoms with Gasteiger partial charge in [0.1, 0.15) is 0 Å². The summed E-state index contributed by atoms with van der Waals surface area (Å²) in [6.07, 6.45) is 0. The van der Waals surface area contributed by atoms with Crippen LogP contribution in [0.4, 0.5) is 0 Å². The first-order chi connectivity index (χ1) is 7.83. The zero-order valence-corrected chi connectivity index (χ0v) is 8.85. The summed E-state index contributed by atoms with van der Waals surface area (Å²) in [4.78, 5) is 0. The minimum Gasteiger partial charge on any atom is -0.392 e. The standard InChI is InChI=1S/C14H13NO/c15-14(11-6-2-1-3-7-11)13-9-5-4-8-12(13)10-16/h1-9,15-16H,10H2. The molecule has 0 aliphatic carbocycles. The van der Waals surface area contributed by atoms with Crippen LogP contribution in [0, 0.1) is 5.41 Å². The van der Waals surface area contributed by atoms with Crippen molar-refractivity contribution in [1.82, 2.24) is 0 Å². The van der Waals surface area contributed by atoms with Gasteiger partial charge in [-0.3, -0.25) is 5.41 Å². The number of aliphatic hydroxyl groups excluding tert-OH is 1. The van der Waals surface area contributed by atoms with E-state index in [1.165, 1.54) is 0 Å². The van der Waals surface area contributed by atoms with Crippen molar-refractivity contribution >= 4 is 5.71 Å². The lowest BCUT2D eigenvalue weighted by Crippen LogP contribution is -2.05. The van der Waals surface area contributed by atoms with Crippen molar-refractivity contribution < 1.29 is 5.11 Å². The molecule has 0 unspecified atom stereocenters. The molecule has 2 nitrogen and oxygen atoms in total. The van der Waals surface area contributed by atoms with Gasteiger partial charge in [0.2, 0.25) is 0 Å². The molecule has 0 spiro atoms. The van der Waals surface area contributed by atoms with E-state index in [4.69, 9.17) is 5.41 Å². The highest BCUT2D eigenvalue weighted by atomic mass is 16.3. The summed E-state index contributed by atoms with van der Waals surface area (Å²) >= 11 is 0. The van der Waals surface area contributed by atoms with E-state index in [2.05, 4.69) is 0 Å². The Morgan fingerprint density at radius 3 is 2.25 bits per heavy atom. The Balaban J connectivity index is 2.42. The van der Waals surface area contributed by atoms with Crippen LogP contribution < -0.4 is 0 Å². The second kappa shape index (κ2) is 4.73. The number of rotatable bonds is 3. The van der Waals surface area contributed by atoms with Gasteiger partial charge in [-0.1, -0.05) is 54.6 Å². The average molecular weight is 211 g/mol. The van der Waals surface area contributed by atoms with Crippen molar-refractivity contribution in [2.45, 2.75) is 6.61 Å². The molecule has 0 aromatic heterocycles. The van der Waals surface area contributed by atoms with E-state index < -0.39 is 0 Å². The van der Waals surface area contributed by atoms with E-state index >= 15 is 0 Å². The number of hydrogen-bond donors (Lipinski definition) is 2. The number of aliphatic hydroxyl groups is 1. The minimum absolute atomic E-state index is 0.0363. The third-order valence-corrected chi connectivity index (χ3v) is 2.52. The summed E-state index contributed by atoms with van der Waals surface area (Å²) < 4.78 is 0. The Kier molecular flexibility index (Phi) is 3.13. The third-order valence-electron chi connectivity index (χ3n) is 2.52. The predicted octanol–water partition coefficient (Wildman–Crippen LogP) is 2.60. The van der Waals surface area contributed by atoms with Gasteiger partial charge in [-0.25, -0.2) is 0 Å². The largest absolute Gasteiger partial charge is 0.392 e. The molecule has 16 heavy (non-hydrogen) atoms. The Hall–Kier alpha value is -1.93. The van der Waals surface area contributed by atoms with Crippen LogP contribution in [0.25, 0.3) is 0 Å². The third kappa shape index (κ3) is 2.02. The molecule has 2 heteroatoms. The Morgan fingerprint density at radius 2 is 1.56 bits per heavy atom. The molecule has 2 aromatic carbocycles. The van der Waals surface area contributed by atoms with Crippen LogP contribution in [-0.2, 0) is 6.61 Å². The topological polar surface area (TPSA) is 44.1 Å². The van der Waals surface area contributed by atoms with Crippen molar-refractivity contribution in [3.8, 4) is 0 Å². The van der Waals surface area contributed by atoms with Gasteiger partial charge in [-0.05, 0) is 5.56 Å². The van der Waals surface area contributed by atoms with E-state index in [9.17, 15) is 5.11 Å². The molecule has 0 bridgehead atoms. The van der Waals surface area contributed by atoms with E-state index in [-0.39, 0.29) is 6.61 Å². The average Bonchev–Trinajstić information content (AvgIpc) is 2.39. The van der Waals surface area contributed by atoms with Crippen LogP contribution in [0.3, 0.4) is 0 Å². The molecule has 2 rings (SSSR count). The molecule has 0 amide bonds. The van der Waals surface area contributed by atoms with Gasteiger partial charge in [0.05, 0.1) is 12.3 Å². The molecule has 2 aromatic rings. The zero-order chi connectivity index (χ0) is 11.4. The Bertz CT molecular complexity index is 491. The molecule has 2 N–H and O–H groups in total. The summed E-state index contributed by atoms with van der Waals surface area (Å²) in [5.41, 5.74) is 2.89. The zero-order valence-electron chi connectivity index (χ0n) is 8.85. The fraction of sp³-hybridized carbons (Fsp3) is 0.0714. The fourth-order valence-corrected chi connectivity index (χ4v) is 1.66. The maximum Gasteiger partial charge on any atom is 0.0688 e. The molecule has 0 saturated heterocycles. The van der Waals surface area contributed by atoms with Crippen LogP contribution in [-0.4, -0.2) is 10.8 Å². The lowest BCUT2D eigenvalue weighted by molar-refractivity contribution is 0.281. The molecule has 80 valence electrons. The first-order valence-corrected chi connectivity index (χ1v) is 5.16. The highest BCUT2D eigenvalue weighted by molar-refractivity contribution is 6.11. The molecule has 0 heterocycles. The van der Waals surface area contributed by atoms with Crippen LogP contribution in [0.15, 0.2) is 54.6 Å². The Morgan fingerprint density at radius 1 is 0.938 bits per heavy atom. The van der Waals surface area contributed by atoms with Crippen LogP contribution >= 0.6 is 0 Å². The normalized spacial score (nSPS) is 10.1.